The minimum absolute atomic E-state index is 0.0589. The summed E-state index contributed by atoms with van der Waals surface area (Å²) in [5.74, 6) is 2.13. The molecular weight excluding hydrogens is 288 g/mol. The summed E-state index contributed by atoms with van der Waals surface area (Å²) < 4.78 is 5.49. The van der Waals surface area contributed by atoms with Crippen LogP contribution in [0.25, 0.3) is 0 Å². The Morgan fingerprint density at radius 1 is 1.13 bits per heavy atom. The zero-order valence-corrected chi connectivity index (χ0v) is 14.6. The second-order valence-corrected chi connectivity index (χ2v) is 8.79. The van der Waals surface area contributed by atoms with E-state index in [-0.39, 0.29) is 22.9 Å². The first-order chi connectivity index (χ1) is 10.8. The minimum atomic E-state index is -0.163. The molecule has 0 aromatic rings. The number of ketones is 1. The van der Waals surface area contributed by atoms with Gasteiger partial charge in [-0.05, 0) is 55.3 Å². The van der Waals surface area contributed by atoms with E-state index in [9.17, 15) is 9.59 Å². The first-order valence-corrected chi connectivity index (χ1v) is 9.26. The molecule has 6 unspecified atom stereocenters. The van der Waals surface area contributed by atoms with Crippen molar-refractivity contribution in [3.05, 3.63) is 11.6 Å². The Labute approximate surface area is 138 Å². The molecule has 4 aliphatic carbocycles. The molecule has 0 aromatic carbocycles. The highest BCUT2D eigenvalue weighted by Crippen LogP contribution is 2.65. The summed E-state index contributed by atoms with van der Waals surface area (Å²) in [5, 5.41) is 0. The van der Waals surface area contributed by atoms with Crippen LogP contribution < -0.4 is 0 Å². The van der Waals surface area contributed by atoms with Gasteiger partial charge >= 0.3 is 5.97 Å². The van der Waals surface area contributed by atoms with E-state index in [4.69, 9.17) is 4.74 Å². The van der Waals surface area contributed by atoms with Crippen LogP contribution in [0, 0.1) is 28.6 Å². The number of rotatable bonds is 1. The van der Waals surface area contributed by atoms with Crippen LogP contribution in [0.15, 0.2) is 11.6 Å². The highest BCUT2D eigenvalue weighted by molar-refractivity contribution is 5.87. The lowest BCUT2D eigenvalue weighted by Crippen LogP contribution is -2.44. The predicted molar refractivity (Wildman–Crippen MR) is 87.6 cm³/mol. The van der Waals surface area contributed by atoms with E-state index in [2.05, 4.69) is 19.9 Å². The van der Waals surface area contributed by atoms with Gasteiger partial charge in [-0.3, -0.25) is 9.59 Å². The van der Waals surface area contributed by atoms with Crippen LogP contribution in [0.1, 0.15) is 65.7 Å². The fraction of sp³-hybridized carbons (Fsp3) is 0.800. The maximum Gasteiger partial charge on any atom is 0.302 e. The smallest absolute Gasteiger partial charge is 0.302 e. The minimum Gasteiger partial charge on any atom is -0.462 e. The lowest BCUT2D eigenvalue weighted by molar-refractivity contribution is -0.148. The number of esters is 1. The molecule has 3 nitrogen and oxygen atoms in total. The molecule has 0 N–H and O–H groups in total. The second kappa shape index (κ2) is 4.94. The molecule has 126 valence electrons. The third-order valence-electron chi connectivity index (χ3n) is 7.75. The molecular formula is C20H28O3. The van der Waals surface area contributed by atoms with Gasteiger partial charge in [0.15, 0.2) is 0 Å². The molecule has 0 aliphatic heterocycles. The summed E-state index contributed by atoms with van der Waals surface area (Å²) in [7, 11) is 0. The number of Topliss-reactive ketones (excluding diaryl/α,β-unsaturated/α-hetero) is 1. The average Bonchev–Trinajstić information content (AvgIpc) is 2.94. The average molecular weight is 316 g/mol. The van der Waals surface area contributed by atoms with Crippen molar-refractivity contribution in [2.75, 3.05) is 0 Å². The number of hydrogen-bond donors (Lipinski definition) is 0. The van der Waals surface area contributed by atoms with Crippen molar-refractivity contribution in [2.45, 2.75) is 71.8 Å². The molecule has 0 amide bonds. The highest BCUT2D eigenvalue weighted by atomic mass is 16.5. The Morgan fingerprint density at radius 3 is 2.57 bits per heavy atom. The number of carbonyl (C=O) groups is 2. The van der Waals surface area contributed by atoms with Crippen LogP contribution in [-0.4, -0.2) is 17.9 Å². The van der Waals surface area contributed by atoms with Crippen molar-refractivity contribution >= 4 is 11.8 Å². The van der Waals surface area contributed by atoms with Gasteiger partial charge in [0.05, 0.1) is 0 Å². The van der Waals surface area contributed by atoms with E-state index in [1.165, 1.54) is 18.9 Å². The number of allylic oxidation sites excluding steroid dienone is 1. The summed E-state index contributed by atoms with van der Waals surface area (Å²) in [4.78, 5) is 23.7. The molecule has 3 heteroatoms. The number of fused-ring (bicyclic) bond motifs is 5. The first kappa shape index (κ1) is 15.4. The second-order valence-electron chi connectivity index (χ2n) is 8.79. The summed E-state index contributed by atoms with van der Waals surface area (Å²) >= 11 is 0. The molecule has 3 fully saturated rings. The van der Waals surface area contributed by atoms with E-state index in [0.717, 1.165) is 38.5 Å². The van der Waals surface area contributed by atoms with Crippen molar-refractivity contribution in [3.63, 3.8) is 0 Å². The molecule has 3 saturated carbocycles. The summed E-state index contributed by atoms with van der Waals surface area (Å²) in [6, 6.07) is 0. The zero-order chi connectivity index (χ0) is 16.4. The number of carbonyl (C=O) groups excluding carboxylic acids is 2. The van der Waals surface area contributed by atoms with Crippen molar-refractivity contribution in [1.82, 2.24) is 0 Å². The Kier molecular flexibility index (Phi) is 3.31. The highest BCUT2D eigenvalue weighted by Gasteiger charge is 2.59. The van der Waals surface area contributed by atoms with Gasteiger partial charge in [-0.15, -0.1) is 0 Å². The third kappa shape index (κ3) is 2.08. The standard InChI is InChI=1S/C20H28O3/c1-12(21)23-14-6-8-19(2)13(10-14)11-15-16-4-5-18(22)20(16,3)9-7-17(15)19/h11,14-17H,4-10H2,1-3H3. The van der Waals surface area contributed by atoms with E-state index in [1.54, 1.807) is 0 Å². The van der Waals surface area contributed by atoms with Crippen molar-refractivity contribution in [1.29, 1.82) is 0 Å². The van der Waals surface area contributed by atoms with Gasteiger partial charge in [0.25, 0.3) is 0 Å². The van der Waals surface area contributed by atoms with E-state index >= 15 is 0 Å². The normalized spacial score (nSPS) is 48.3. The van der Waals surface area contributed by atoms with Gasteiger partial charge in [0.1, 0.15) is 11.9 Å². The largest absolute Gasteiger partial charge is 0.462 e. The molecule has 6 atom stereocenters. The van der Waals surface area contributed by atoms with Crippen molar-refractivity contribution in [3.8, 4) is 0 Å². The molecule has 0 heterocycles. The fourth-order valence-corrected chi connectivity index (χ4v) is 6.39. The van der Waals surface area contributed by atoms with Crippen molar-refractivity contribution < 1.29 is 14.3 Å². The van der Waals surface area contributed by atoms with Crippen LogP contribution in [0.4, 0.5) is 0 Å². The number of hydrogen-bond acceptors (Lipinski definition) is 3. The molecule has 0 spiro atoms. The molecule has 23 heavy (non-hydrogen) atoms. The maximum atomic E-state index is 12.4. The SMILES string of the molecule is CC(=O)OC1CCC2(C)C(=CC3C4CCC(=O)C4(C)CCC32)C1. The molecule has 4 rings (SSSR count). The van der Waals surface area contributed by atoms with Crippen LogP contribution >= 0.6 is 0 Å². The van der Waals surface area contributed by atoms with Crippen LogP contribution in [0.5, 0.6) is 0 Å². The van der Waals surface area contributed by atoms with Gasteiger partial charge in [-0.1, -0.05) is 25.5 Å². The van der Waals surface area contributed by atoms with Gasteiger partial charge in [0.2, 0.25) is 0 Å². The topological polar surface area (TPSA) is 43.4 Å². The Hall–Kier alpha value is -1.12. The Morgan fingerprint density at radius 2 is 1.83 bits per heavy atom. The predicted octanol–water partition coefficient (Wildman–Crippen LogP) is 4.06. The lowest BCUT2D eigenvalue weighted by Gasteiger charge is -2.49. The Bertz CT molecular complexity index is 592. The fourth-order valence-electron chi connectivity index (χ4n) is 6.39. The molecule has 0 radical (unpaired) electrons. The Balaban J connectivity index is 1.62. The van der Waals surface area contributed by atoms with Crippen molar-refractivity contribution in [2.24, 2.45) is 28.6 Å². The zero-order valence-electron chi connectivity index (χ0n) is 14.6. The molecule has 0 aromatic heterocycles. The molecule has 0 bridgehead atoms. The monoisotopic (exact) mass is 316 g/mol. The van der Waals surface area contributed by atoms with Crippen LogP contribution in [0.3, 0.4) is 0 Å². The number of ether oxygens (including phenoxy) is 1. The summed E-state index contributed by atoms with van der Waals surface area (Å²) in [5.41, 5.74) is 1.71. The van der Waals surface area contributed by atoms with Gasteiger partial charge in [-0.25, -0.2) is 0 Å². The van der Waals surface area contributed by atoms with Gasteiger partial charge in [0, 0.05) is 25.2 Å². The van der Waals surface area contributed by atoms with Crippen LogP contribution in [0.2, 0.25) is 0 Å². The summed E-state index contributed by atoms with van der Waals surface area (Å²) in [6.45, 7) is 6.15. The van der Waals surface area contributed by atoms with Crippen LogP contribution in [-0.2, 0) is 14.3 Å². The summed E-state index contributed by atoms with van der Waals surface area (Å²) in [6.07, 6.45) is 9.67. The van der Waals surface area contributed by atoms with Gasteiger partial charge in [-0.2, -0.15) is 0 Å². The van der Waals surface area contributed by atoms with E-state index in [1.807, 2.05) is 0 Å². The lowest BCUT2D eigenvalue weighted by atomic mass is 9.55. The van der Waals surface area contributed by atoms with E-state index < -0.39 is 0 Å². The van der Waals surface area contributed by atoms with E-state index in [0.29, 0.717) is 23.5 Å². The third-order valence-corrected chi connectivity index (χ3v) is 7.75. The first-order valence-electron chi connectivity index (χ1n) is 9.26. The molecule has 4 aliphatic rings. The van der Waals surface area contributed by atoms with Gasteiger partial charge < -0.3 is 4.74 Å². The molecule has 0 saturated heterocycles. The quantitative estimate of drug-likeness (QED) is 0.541. The maximum absolute atomic E-state index is 12.4.